The Morgan fingerprint density at radius 2 is 2.06 bits per heavy atom. The van der Waals surface area contributed by atoms with Crippen LogP contribution in [0.1, 0.15) is 22.2 Å². The zero-order valence-corrected chi connectivity index (χ0v) is 12.3. The number of hydrogen-bond donors (Lipinski definition) is 0. The summed E-state index contributed by atoms with van der Waals surface area (Å²) >= 11 is 4.98. The quantitative estimate of drug-likeness (QED) is 0.766. The first-order valence-corrected chi connectivity index (χ1v) is 7.28. The molecule has 1 heterocycles. The van der Waals surface area contributed by atoms with Gasteiger partial charge in [-0.05, 0) is 30.5 Å². The summed E-state index contributed by atoms with van der Waals surface area (Å²) in [4.78, 5) is 13.2. The number of halogens is 1. The summed E-state index contributed by atoms with van der Waals surface area (Å²) in [7, 11) is 0. The summed E-state index contributed by atoms with van der Waals surface area (Å²) in [6, 6.07) is 11.3. The van der Waals surface area contributed by atoms with Crippen molar-refractivity contribution in [3.8, 4) is 0 Å². The summed E-state index contributed by atoms with van der Waals surface area (Å²) in [6.07, 6.45) is -0.423. The maximum atomic E-state index is 12.1. The Kier molecular flexibility index (Phi) is 4.69. The molecule has 4 heteroatoms. The molecule has 0 aliphatic rings. The van der Waals surface area contributed by atoms with Crippen LogP contribution >= 0.6 is 27.3 Å². The lowest BCUT2D eigenvalue weighted by Gasteiger charge is -2.11. The van der Waals surface area contributed by atoms with Gasteiger partial charge in [0.2, 0.25) is 0 Å². The van der Waals surface area contributed by atoms with Crippen LogP contribution in [0, 0.1) is 0 Å². The summed E-state index contributed by atoms with van der Waals surface area (Å²) in [6.45, 7) is 2.28. The normalized spacial score (nSPS) is 12.3. The van der Waals surface area contributed by atoms with Crippen molar-refractivity contribution in [2.75, 3.05) is 0 Å². The number of carbonyl (C=O) groups is 1. The van der Waals surface area contributed by atoms with Gasteiger partial charge in [0.1, 0.15) is 6.10 Å². The first-order chi connectivity index (χ1) is 8.66. The van der Waals surface area contributed by atoms with Gasteiger partial charge in [0.15, 0.2) is 5.78 Å². The highest BCUT2D eigenvalue weighted by molar-refractivity contribution is 9.10. The Balaban J connectivity index is 1.94. The first kappa shape index (κ1) is 13.5. The Bertz CT molecular complexity index is 505. The second kappa shape index (κ2) is 6.27. The molecule has 0 bridgehead atoms. The summed E-state index contributed by atoms with van der Waals surface area (Å²) in [5, 5.41) is 2.00. The Morgan fingerprint density at radius 3 is 2.67 bits per heavy atom. The number of carbonyl (C=O) groups excluding carboxylic acids is 1. The van der Waals surface area contributed by atoms with E-state index in [0.29, 0.717) is 12.2 Å². The fourth-order valence-electron chi connectivity index (χ4n) is 1.53. The van der Waals surface area contributed by atoms with E-state index in [1.54, 1.807) is 30.4 Å². The van der Waals surface area contributed by atoms with Gasteiger partial charge >= 0.3 is 0 Å². The molecule has 18 heavy (non-hydrogen) atoms. The lowest BCUT2D eigenvalue weighted by atomic mass is 10.1. The van der Waals surface area contributed by atoms with E-state index in [1.165, 1.54) is 0 Å². The van der Waals surface area contributed by atoms with E-state index in [2.05, 4.69) is 15.9 Å². The molecule has 0 amide bonds. The van der Waals surface area contributed by atoms with Crippen LogP contribution in [0.3, 0.4) is 0 Å². The molecule has 0 spiro atoms. The van der Waals surface area contributed by atoms with Crippen molar-refractivity contribution in [3.63, 3.8) is 0 Å². The molecule has 0 aliphatic carbocycles. The van der Waals surface area contributed by atoms with Crippen LogP contribution < -0.4 is 0 Å². The standard InChI is InChI=1S/C14H13BrO2S/c1-10(17-9-13-3-2-8-18-13)14(16)11-4-6-12(15)7-5-11/h2-8,10H,9H2,1H3. The fourth-order valence-corrected chi connectivity index (χ4v) is 2.42. The van der Waals surface area contributed by atoms with Gasteiger partial charge in [0.25, 0.3) is 0 Å². The average Bonchev–Trinajstić information content (AvgIpc) is 2.89. The highest BCUT2D eigenvalue weighted by atomic mass is 79.9. The van der Waals surface area contributed by atoms with E-state index in [1.807, 2.05) is 29.6 Å². The molecule has 1 aromatic heterocycles. The van der Waals surface area contributed by atoms with E-state index in [9.17, 15) is 4.79 Å². The van der Waals surface area contributed by atoms with Crippen LogP contribution in [0.15, 0.2) is 46.3 Å². The minimum atomic E-state index is -0.423. The third kappa shape index (κ3) is 3.51. The summed E-state index contributed by atoms with van der Waals surface area (Å²) in [5.74, 6) is 0.0130. The van der Waals surface area contributed by atoms with Gasteiger partial charge in [-0.2, -0.15) is 0 Å². The van der Waals surface area contributed by atoms with Crippen molar-refractivity contribution in [1.82, 2.24) is 0 Å². The van der Waals surface area contributed by atoms with Crippen molar-refractivity contribution in [3.05, 3.63) is 56.7 Å². The van der Waals surface area contributed by atoms with E-state index >= 15 is 0 Å². The predicted molar refractivity (Wildman–Crippen MR) is 77.0 cm³/mol. The van der Waals surface area contributed by atoms with Gasteiger partial charge in [0, 0.05) is 14.9 Å². The van der Waals surface area contributed by atoms with E-state index in [4.69, 9.17) is 4.74 Å². The predicted octanol–water partition coefficient (Wildman–Crippen LogP) is 4.30. The minimum Gasteiger partial charge on any atom is -0.365 e. The van der Waals surface area contributed by atoms with Crippen molar-refractivity contribution >= 4 is 33.0 Å². The van der Waals surface area contributed by atoms with Crippen LogP contribution in [0.2, 0.25) is 0 Å². The third-order valence-corrected chi connectivity index (χ3v) is 3.93. The van der Waals surface area contributed by atoms with E-state index < -0.39 is 6.10 Å². The molecule has 1 aromatic carbocycles. The molecular formula is C14H13BrO2S. The van der Waals surface area contributed by atoms with Crippen LogP contribution in [-0.4, -0.2) is 11.9 Å². The second-order valence-corrected chi connectivity index (χ2v) is 5.85. The number of ether oxygens (including phenoxy) is 1. The number of Topliss-reactive ketones (excluding diaryl/α,β-unsaturated/α-hetero) is 1. The van der Waals surface area contributed by atoms with Crippen LogP contribution in [0.4, 0.5) is 0 Å². The molecule has 2 rings (SSSR count). The van der Waals surface area contributed by atoms with Gasteiger partial charge in [-0.25, -0.2) is 0 Å². The Labute approximate surface area is 119 Å². The number of benzene rings is 1. The molecule has 94 valence electrons. The molecule has 0 aliphatic heterocycles. The lowest BCUT2D eigenvalue weighted by Crippen LogP contribution is -2.20. The van der Waals surface area contributed by atoms with E-state index in [-0.39, 0.29) is 5.78 Å². The van der Waals surface area contributed by atoms with Gasteiger partial charge in [0.05, 0.1) is 6.61 Å². The van der Waals surface area contributed by atoms with Gasteiger partial charge in [-0.3, -0.25) is 4.79 Å². The van der Waals surface area contributed by atoms with Crippen molar-refractivity contribution in [2.45, 2.75) is 19.6 Å². The van der Waals surface area contributed by atoms with Crippen LogP contribution in [-0.2, 0) is 11.3 Å². The average molecular weight is 325 g/mol. The first-order valence-electron chi connectivity index (χ1n) is 5.60. The molecule has 1 unspecified atom stereocenters. The molecule has 0 N–H and O–H groups in total. The largest absolute Gasteiger partial charge is 0.365 e. The molecule has 2 nitrogen and oxygen atoms in total. The zero-order valence-electron chi connectivity index (χ0n) is 9.93. The Morgan fingerprint density at radius 1 is 1.33 bits per heavy atom. The maximum Gasteiger partial charge on any atom is 0.191 e. The zero-order chi connectivity index (χ0) is 13.0. The molecule has 0 radical (unpaired) electrons. The van der Waals surface area contributed by atoms with Crippen molar-refractivity contribution < 1.29 is 9.53 Å². The molecule has 1 atom stereocenters. The van der Waals surface area contributed by atoms with Crippen LogP contribution in [0.5, 0.6) is 0 Å². The highest BCUT2D eigenvalue weighted by Gasteiger charge is 2.15. The van der Waals surface area contributed by atoms with Gasteiger partial charge in [-0.15, -0.1) is 11.3 Å². The Hall–Kier alpha value is -0.970. The third-order valence-electron chi connectivity index (χ3n) is 2.55. The SMILES string of the molecule is CC(OCc1cccs1)C(=O)c1ccc(Br)cc1. The topological polar surface area (TPSA) is 26.3 Å². The molecule has 0 saturated carbocycles. The molecule has 0 fully saturated rings. The number of hydrogen-bond acceptors (Lipinski definition) is 3. The maximum absolute atomic E-state index is 12.1. The second-order valence-electron chi connectivity index (χ2n) is 3.90. The highest BCUT2D eigenvalue weighted by Crippen LogP contribution is 2.15. The number of rotatable bonds is 5. The molecule has 2 aromatic rings. The monoisotopic (exact) mass is 324 g/mol. The molecule has 0 saturated heterocycles. The van der Waals surface area contributed by atoms with Crippen molar-refractivity contribution in [1.29, 1.82) is 0 Å². The number of thiophene rings is 1. The minimum absolute atomic E-state index is 0.0130. The van der Waals surface area contributed by atoms with Gasteiger partial charge < -0.3 is 4.74 Å². The smallest absolute Gasteiger partial charge is 0.191 e. The summed E-state index contributed by atoms with van der Waals surface area (Å²) < 4.78 is 6.55. The molecular weight excluding hydrogens is 312 g/mol. The summed E-state index contributed by atoms with van der Waals surface area (Å²) in [5.41, 5.74) is 0.678. The van der Waals surface area contributed by atoms with Crippen LogP contribution in [0.25, 0.3) is 0 Å². The number of ketones is 1. The van der Waals surface area contributed by atoms with Gasteiger partial charge in [-0.1, -0.05) is 34.1 Å². The van der Waals surface area contributed by atoms with Crippen molar-refractivity contribution in [2.24, 2.45) is 0 Å². The lowest BCUT2D eigenvalue weighted by molar-refractivity contribution is 0.0420. The van der Waals surface area contributed by atoms with E-state index in [0.717, 1.165) is 9.35 Å². The fraction of sp³-hybridized carbons (Fsp3) is 0.214.